The Morgan fingerprint density at radius 3 is 2.52 bits per heavy atom. The molecule has 0 spiro atoms. The molecule has 0 unspecified atom stereocenters. The highest BCUT2D eigenvalue weighted by molar-refractivity contribution is 7.19. The average Bonchev–Trinajstić information content (AvgIpc) is 2.91. The fourth-order valence-electron chi connectivity index (χ4n) is 2.83. The molecule has 0 amide bonds. The average molecular weight is 386 g/mol. The molecule has 0 saturated carbocycles. The molecular formula is C19H13Cl2N3S. The second-order valence-electron chi connectivity index (χ2n) is 5.56. The van der Waals surface area contributed by atoms with E-state index in [-0.39, 0.29) is 5.28 Å². The van der Waals surface area contributed by atoms with Crippen molar-refractivity contribution in [3.05, 3.63) is 69.8 Å². The highest BCUT2D eigenvalue weighted by Gasteiger charge is 2.18. The topological polar surface area (TPSA) is 37.8 Å². The lowest BCUT2D eigenvalue weighted by Crippen LogP contribution is -1.97. The van der Waals surface area contributed by atoms with E-state index in [4.69, 9.17) is 23.2 Å². The van der Waals surface area contributed by atoms with Crippen molar-refractivity contribution in [2.75, 3.05) is 5.32 Å². The lowest BCUT2D eigenvalue weighted by atomic mass is 10.0. The van der Waals surface area contributed by atoms with Crippen molar-refractivity contribution in [2.45, 2.75) is 6.92 Å². The van der Waals surface area contributed by atoms with E-state index in [0.717, 1.165) is 27.0 Å². The van der Waals surface area contributed by atoms with Crippen LogP contribution in [-0.4, -0.2) is 9.97 Å². The Morgan fingerprint density at radius 1 is 0.960 bits per heavy atom. The smallest absolute Gasteiger partial charge is 0.225 e. The van der Waals surface area contributed by atoms with Gasteiger partial charge in [-0.2, -0.15) is 4.98 Å². The molecule has 0 atom stereocenters. The third kappa shape index (κ3) is 3.21. The minimum absolute atomic E-state index is 0.220. The fourth-order valence-corrected chi connectivity index (χ4v) is 4.29. The van der Waals surface area contributed by atoms with Gasteiger partial charge in [-0.05, 0) is 42.3 Å². The van der Waals surface area contributed by atoms with Crippen molar-refractivity contribution in [3.63, 3.8) is 0 Å². The molecular weight excluding hydrogens is 373 g/mol. The lowest BCUT2D eigenvalue weighted by Gasteiger charge is -2.10. The Balaban J connectivity index is 1.94. The zero-order valence-electron chi connectivity index (χ0n) is 13.3. The number of anilines is 2. The molecule has 4 rings (SSSR count). The number of hydrogen-bond acceptors (Lipinski definition) is 4. The van der Waals surface area contributed by atoms with Gasteiger partial charge in [-0.25, -0.2) is 4.98 Å². The van der Waals surface area contributed by atoms with Gasteiger partial charge in [-0.15, -0.1) is 11.3 Å². The number of rotatable bonds is 3. The molecule has 3 nitrogen and oxygen atoms in total. The summed E-state index contributed by atoms with van der Waals surface area (Å²) < 4.78 is 0. The van der Waals surface area contributed by atoms with Gasteiger partial charge in [-0.3, -0.25) is 0 Å². The third-order valence-electron chi connectivity index (χ3n) is 3.85. The minimum Gasteiger partial charge on any atom is -0.339 e. The number of fused-ring (bicyclic) bond motifs is 1. The predicted molar refractivity (Wildman–Crippen MR) is 107 cm³/mol. The third-order valence-corrected chi connectivity index (χ3v) is 5.25. The molecule has 0 fully saturated rings. The van der Waals surface area contributed by atoms with Gasteiger partial charge in [-0.1, -0.05) is 48.0 Å². The van der Waals surface area contributed by atoms with E-state index in [9.17, 15) is 0 Å². The molecule has 2 aromatic carbocycles. The van der Waals surface area contributed by atoms with E-state index < -0.39 is 0 Å². The van der Waals surface area contributed by atoms with Gasteiger partial charge in [0.05, 0.1) is 5.39 Å². The van der Waals surface area contributed by atoms with Crippen LogP contribution in [0.15, 0.2) is 54.6 Å². The maximum Gasteiger partial charge on any atom is 0.225 e. The number of aryl methyl sites for hydroxylation is 1. The predicted octanol–water partition coefficient (Wildman–Crippen LogP) is 6.72. The Labute approximate surface area is 159 Å². The zero-order valence-corrected chi connectivity index (χ0v) is 15.6. The SMILES string of the molecule is Cc1sc2nc(Cl)nc(Nc3cccc(Cl)c3)c2c1-c1ccccc1. The number of hydrogen-bond donors (Lipinski definition) is 1. The van der Waals surface area contributed by atoms with Gasteiger partial charge in [0.1, 0.15) is 10.6 Å². The van der Waals surface area contributed by atoms with E-state index >= 15 is 0 Å². The number of aromatic nitrogens is 2. The molecule has 2 heterocycles. The first kappa shape index (κ1) is 16.3. The quantitative estimate of drug-likeness (QED) is 0.397. The summed E-state index contributed by atoms with van der Waals surface area (Å²) in [6.45, 7) is 2.09. The molecule has 0 aliphatic rings. The molecule has 25 heavy (non-hydrogen) atoms. The lowest BCUT2D eigenvalue weighted by molar-refractivity contribution is 1.23. The Morgan fingerprint density at radius 2 is 1.76 bits per heavy atom. The summed E-state index contributed by atoms with van der Waals surface area (Å²) in [5.74, 6) is 0.681. The van der Waals surface area contributed by atoms with Crippen LogP contribution in [0.2, 0.25) is 10.3 Å². The van der Waals surface area contributed by atoms with E-state index in [0.29, 0.717) is 10.8 Å². The van der Waals surface area contributed by atoms with Crippen LogP contribution in [-0.2, 0) is 0 Å². The van der Waals surface area contributed by atoms with E-state index in [1.807, 2.05) is 42.5 Å². The van der Waals surface area contributed by atoms with Gasteiger partial charge >= 0.3 is 0 Å². The first-order chi connectivity index (χ1) is 12.1. The fraction of sp³-hybridized carbons (Fsp3) is 0.0526. The van der Waals surface area contributed by atoms with Crippen LogP contribution >= 0.6 is 34.5 Å². The summed E-state index contributed by atoms with van der Waals surface area (Å²) in [6, 6.07) is 17.8. The summed E-state index contributed by atoms with van der Waals surface area (Å²) in [4.78, 5) is 10.9. The Kier molecular flexibility index (Phi) is 4.34. The summed E-state index contributed by atoms with van der Waals surface area (Å²) in [5, 5.41) is 5.19. The van der Waals surface area contributed by atoms with Gasteiger partial charge < -0.3 is 5.32 Å². The maximum absolute atomic E-state index is 6.15. The Bertz CT molecular complexity index is 1060. The van der Waals surface area contributed by atoms with Gasteiger partial charge in [0.2, 0.25) is 5.28 Å². The number of halogens is 2. The Hall–Kier alpha value is -2.14. The molecule has 6 heteroatoms. The van der Waals surface area contributed by atoms with Gasteiger partial charge in [0.15, 0.2) is 0 Å². The molecule has 1 N–H and O–H groups in total. The summed E-state index contributed by atoms with van der Waals surface area (Å²) >= 11 is 13.9. The summed E-state index contributed by atoms with van der Waals surface area (Å²) in [7, 11) is 0. The van der Waals surface area contributed by atoms with Crippen LogP contribution in [0, 0.1) is 6.92 Å². The molecule has 0 bridgehead atoms. The molecule has 0 aliphatic heterocycles. The van der Waals surface area contributed by atoms with Crippen molar-refractivity contribution in [1.29, 1.82) is 0 Å². The molecule has 2 aromatic heterocycles. The second-order valence-corrected chi connectivity index (χ2v) is 7.53. The first-order valence-electron chi connectivity index (χ1n) is 7.66. The number of nitrogens with one attached hydrogen (secondary N) is 1. The molecule has 124 valence electrons. The highest BCUT2D eigenvalue weighted by Crippen LogP contribution is 2.41. The maximum atomic E-state index is 6.15. The van der Waals surface area contributed by atoms with Crippen LogP contribution in [0.25, 0.3) is 21.3 Å². The molecule has 0 radical (unpaired) electrons. The van der Waals surface area contributed by atoms with Crippen molar-refractivity contribution >= 4 is 56.3 Å². The standard InChI is InChI=1S/C19H13Cl2N3S/c1-11-15(12-6-3-2-4-7-12)16-17(23-19(21)24-18(16)25-11)22-14-9-5-8-13(20)10-14/h2-10H,1H3,(H,22,23,24). The van der Waals surface area contributed by atoms with Crippen LogP contribution < -0.4 is 5.32 Å². The minimum atomic E-state index is 0.220. The highest BCUT2D eigenvalue weighted by atomic mass is 35.5. The summed E-state index contributed by atoms with van der Waals surface area (Å²) in [5.41, 5.74) is 3.11. The molecule has 0 aliphatic carbocycles. The van der Waals surface area contributed by atoms with E-state index in [2.05, 4.69) is 34.3 Å². The molecule has 4 aromatic rings. The van der Waals surface area contributed by atoms with Gasteiger partial charge in [0.25, 0.3) is 0 Å². The van der Waals surface area contributed by atoms with Crippen LogP contribution in [0.5, 0.6) is 0 Å². The monoisotopic (exact) mass is 385 g/mol. The van der Waals surface area contributed by atoms with E-state index in [1.54, 1.807) is 11.3 Å². The van der Waals surface area contributed by atoms with Crippen molar-refractivity contribution in [1.82, 2.24) is 9.97 Å². The van der Waals surface area contributed by atoms with Crippen molar-refractivity contribution in [2.24, 2.45) is 0 Å². The number of nitrogens with zero attached hydrogens (tertiary/aromatic N) is 2. The summed E-state index contributed by atoms with van der Waals surface area (Å²) in [6.07, 6.45) is 0. The number of benzene rings is 2. The first-order valence-corrected chi connectivity index (χ1v) is 9.24. The van der Waals surface area contributed by atoms with Crippen molar-refractivity contribution < 1.29 is 0 Å². The zero-order chi connectivity index (χ0) is 17.4. The second kappa shape index (κ2) is 6.64. The largest absolute Gasteiger partial charge is 0.339 e. The molecule has 0 saturated heterocycles. The van der Waals surface area contributed by atoms with Gasteiger partial charge in [0, 0.05) is 21.2 Å². The number of thiophene rings is 1. The van der Waals surface area contributed by atoms with Crippen LogP contribution in [0.3, 0.4) is 0 Å². The van der Waals surface area contributed by atoms with E-state index in [1.165, 1.54) is 4.88 Å². The van der Waals surface area contributed by atoms with Crippen LogP contribution in [0.4, 0.5) is 11.5 Å². The van der Waals surface area contributed by atoms with Crippen molar-refractivity contribution in [3.8, 4) is 11.1 Å². The normalized spacial score (nSPS) is 11.0. The van der Waals surface area contributed by atoms with Crippen LogP contribution in [0.1, 0.15) is 4.88 Å².